The van der Waals surface area contributed by atoms with Crippen molar-refractivity contribution in [3.8, 4) is 17.1 Å². The third kappa shape index (κ3) is 4.03. The van der Waals surface area contributed by atoms with E-state index in [0.29, 0.717) is 47.8 Å². The second-order valence-electron chi connectivity index (χ2n) is 8.20. The van der Waals surface area contributed by atoms with E-state index in [1.165, 1.54) is 0 Å². The Bertz CT molecular complexity index is 1490. The van der Waals surface area contributed by atoms with Gasteiger partial charge in [-0.2, -0.15) is 0 Å². The molecule has 8 heteroatoms. The Morgan fingerprint density at radius 2 is 2.06 bits per heavy atom. The van der Waals surface area contributed by atoms with Crippen molar-refractivity contribution in [3.05, 3.63) is 78.1 Å². The average Bonchev–Trinajstić information content (AvgIpc) is 3.26. The van der Waals surface area contributed by atoms with Crippen LogP contribution in [0.1, 0.15) is 35.0 Å². The van der Waals surface area contributed by atoms with Crippen molar-refractivity contribution in [2.45, 2.75) is 19.8 Å². The second-order valence-corrected chi connectivity index (χ2v) is 8.20. The van der Waals surface area contributed by atoms with Gasteiger partial charge in [0.2, 0.25) is 5.91 Å². The molecule has 0 bridgehead atoms. The number of carbonyl (C=O) groups excluding carboxylic acids is 2. The van der Waals surface area contributed by atoms with Crippen LogP contribution in [0.2, 0.25) is 0 Å². The second kappa shape index (κ2) is 9.06. The van der Waals surface area contributed by atoms with E-state index in [-0.39, 0.29) is 11.8 Å². The summed E-state index contributed by atoms with van der Waals surface area (Å²) < 4.78 is 7.71. The van der Waals surface area contributed by atoms with Crippen molar-refractivity contribution in [1.29, 1.82) is 0 Å². The van der Waals surface area contributed by atoms with E-state index in [1.807, 2.05) is 41.8 Å². The number of carbonyl (C=O) groups is 2. The smallest absolute Gasteiger partial charge is 0.251 e. The number of benzene rings is 2. The zero-order chi connectivity index (χ0) is 24.5. The number of aromatic nitrogens is 3. The highest BCUT2D eigenvalue weighted by Crippen LogP contribution is 2.34. The maximum atomic E-state index is 12.3. The van der Waals surface area contributed by atoms with Crippen LogP contribution in [0.15, 0.2) is 61.3 Å². The number of rotatable bonds is 6. The molecule has 0 saturated carbocycles. The third-order valence-electron chi connectivity index (χ3n) is 6.02. The first-order valence-electron chi connectivity index (χ1n) is 11.5. The lowest BCUT2D eigenvalue weighted by molar-refractivity contribution is -0.116. The lowest BCUT2D eigenvalue weighted by Gasteiger charge is -2.19. The Balaban J connectivity index is 1.76. The molecule has 0 saturated heterocycles. The van der Waals surface area contributed by atoms with E-state index in [4.69, 9.17) is 9.72 Å². The van der Waals surface area contributed by atoms with Crippen molar-refractivity contribution in [3.63, 3.8) is 0 Å². The fourth-order valence-corrected chi connectivity index (χ4v) is 4.37. The van der Waals surface area contributed by atoms with Crippen LogP contribution < -0.4 is 10.6 Å². The predicted molar refractivity (Wildman–Crippen MR) is 135 cm³/mol. The van der Waals surface area contributed by atoms with Gasteiger partial charge in [0.1, 0.15) is 17.3 Å². The quantitative estimate of drug-likeness (QED) is 0.411. The van der Waals surface area contributed by atoms with Crippen molar-refractivity contribution >= 4 is 34.3 Å². The topological polar surface area (TPSA) is 98.1 Å². The summed E-state index contributed by atoms with van der Waals surface area (Å²) in [5.41, 5.74) is 6.16. The van der Waals surface area contributed by atoms with Crippen LogP contribution in [0.25, 0.3) is 33.9 Å². The highest BCUT2D eigenvalue weighted by molar-refractivity contribution is 5.98. The Kier molecular flexibility index (Phi) is 5.78. The van der Waals surface area contributed by atoms with Crippen molar-refractivity contribution in [2.75, 3.05) is 19.0 Å². The number of hydrogen-bond acceptors (Lipinski definition) is 5. The summed E-state index contributed by atoms with van der Waals surface area (Å²) in [7, 11) is 1.60. The number of amides is 2. The zero-order valence-electron chi connectivity index (χ0n) is 19.6. The molecule has 2 aromatic carbocycles. The zero-order valence-corrected chi connectivity index (χ0v) is 19.6. The van der Waals surface area contributed by atoms with Gasteiger partial charge < -0.3 is 15.4 Å². The van der Waals surface area contributed by atoms with Crippen molar-refractivity contribution < 1.29 is 14.3 Å². The molecule has 0 spiro atoms. The average molecular weight is 468 g/mol. The van der Waals surface area contributed by atoms with Gasteiger partial charge >= 0.3 is 0 Å². The molecule has 2 N–H and O–H groups in total. The van der Waals surface area contributed by atoms with Crippen LogP contribution in [0, 0.1) is 0 Å². The normalized spacial score (nSPS) is 12.7. The molecule has 176 valence electrons. The molecule has 0 unspecified atom stereocenters. The Morgan fingerprint density at radius 1 is 1.20 bits per heavy atom. The predicted octanol–water partition coefficient (Wildman–Crippen LogP) is 4.34. The van der Waals surface area contributed by atoms with Crippen LogP contribution in [0.3, 0.4) is 0 Å². The number of pyridine rings is 1. The number of nitrogens with one attached hydrogen (secondary N) is 2. The summed E-state index contributed by atoms with van der Waals surface area (Å²) in [5.74, 6) is 0.952. The van der Waals surface area contributed by atoms with Gasteiger partial charge in [-0.15, -0.1) is 0 Å². The minimum absolute atomic E-state index is 0.0233. The molecule has 0 aliphatic carbocycles. The maximum Gasteiger partial charge on any atom is 0.251 e. The molecule has 2 amide bonds. The van der Waals surface area contributed by atoms with Gasteiger partial charge in [0, 0.05) is 42.2 Å². The minimum Gasteiger partial charge on any atom is -0.492 e. The molecular formula is C27H25N5O3. The molecule has 5 rings (SSSR count). The van der Waals surface area contributed by atoms with Crippen LogP contribution in [0.5, 0.6) is 0 Å². The summed E-state index contributed by atoms with van der Waals surface area (Å²) in [5, 5.41) is 5.59. The number of imidazole rings is 1. The van der Waals surface area contributed by atoms with Crippen molar-refractivity contribution in [1.82, 2.24) is 19.9 Å². The molecule has 2 aromatic heterocycles. The number of hydrogen-bond donors (Lipinski definition) is 2. The van der Waals surface area contributed by atoms with Gasteiger partial charge in [-0.3, -0.25) is 19.1 Å². The van der Waals surface area contributed by atoms with Gasteiger partial charge in [-0.25, -0.2) is 4.98 Å². The molecule has 0 radical (unpaired) electrons. The lowest BCUT2D eigenvalue weighted by atomic mass is 10.0. The van der Waals surface area contributed by atoms with Gasteiger partial charge in [0.05, 0.1) is 17.6 Å². The largest absolute Gasteiger partial charge is 0.492 e. The highest BCUT2D eigenvalue weighted by atomic mass is 16.5. The molecule has 4 aromatic rings. The number of anilines is 1. The van der Waals surface area contributed by atoms with E-state index < -0.39 is 0 Å². The summed E-state index contributed by atoms with van der Waals surface area (Å²) in [4.78, 5) is 33.6. The van der Waals surface area contributed by atoms with E-state index in [9.17, 15) is 9.59 Å². The first-order valence-corrected chi connectivity index (χ1v) is 11.5. The lowest BCUT2D eigenvalue weighted by Crippen LogP contribution is -2.19. The van der Waals surface area contributed by atoms with E-state index in [0.717, 1.165) is 28.0 Å². The van der Waals surface area contributed by atoms with Crippen LogP contribution in [0.4, 0.5) is 5.69 Å². The van der Waals surface area contributed by atoms with Gasteiger partial charge in [0.15, 0.2) is 0 Å². The molecule has 1 aliphatic heterocycles. The molecule has 8 nitrogen and oxygen atoms in total. The van der Waals surface area contributed by atoms with Crippen molar-refractivity contribution in [2.24, 2.45) is 0 Å². The third-order valence-corrected chi connectivity index (χ3v) is 6.02. The summed E-state index contributed by atoms with van der Waals surface area (Å²) in [6.45, 7) is 6.42. The van der Waals surface area contributed by atoms with Gasteiger partial charge in [0.25, 0.3) is 5.91 Å². The summed E-state index contributed by atoms with van der Waals surface area (Å²) in [6, 6.07) is 15.2. The number of nitrogens with zero attached hydrogens (tertiary/aromatic N) is 3. The SMILES string of the molecule is C=C(OCC)c1ncccc1-c1nc2cc(C(=O)NC)ccc2n1-c1ccc2c(c1)CCC(=O)N2. The summed E-state index contributed by atoms with van der Waals surface area (Å²) >= 11 is 0. The van der Waals surface area contributed by atoms with Crippen LogP contribution in [-0.4, -0.2) is 40.0 Å². The number of fused-ring (bicyclic) bond motifs is 2. The van der Waals surface area contributed by atoms with Gasteiger partial charge in [-0.1, -0.05) is 6.58 Å². The first-order chi connectivity index (χ1) is 17.0. The molecule has 35 heavy (non-hydrogen) atoms. The molecule has 0 fully saturated rings. The highest BCUT2D eigenvalue weighted by Gasteiger charge is 2.22. The van der Waals surface area contributed by atoms with E-state index in [1.54, 1.807) is 25.4 Å². The Hall–Kier alpha value is -4.46. The van der Waals surface area contributed by atoms with Crippen LogP contribution >= 0.6 is 0 Å². The van der Waals surface area contributed by atoms with E-state index >= 15 is 0 Å². The fourth-order valence-electron chi connectivity index (χ4n) is 4.37. The fraction of sp³-hybridized carbons (Fsp3) is 0.185. The maximum absolute atomic E-state index is 12.3. The van der Waals surface area contributed by atoms with E-state index in [2.05, 4.69) is 28.3 Å². The Labute approximate surface area is 202 Å². The standard InChI is InChI=1S/C27H25N5O3/c1-4-35-16(2)25-20(6-5-13-29-25)26-31-22-15-18(27(34)28-3)7-11-23(22)32(26)19-9-10-21-17(14-19)8-12-24(33)30-21/h5-7,9-11,13-15H,2,4,8,12H2,1,3H3,(H,28,34)(H,30,33). The molecule has 0 atom stereocenters. The number of aryl methyl sites for hydroxylation is 1. The first kappa shape index (κ1) is 22.3. The molecule has 3 heterocycles. The molecule has 1 aliphatic rings. The minimum atomic E-state index is -0.181. The van der Waals surface area contributed by atoms with Gasteiger partial charge in [-0.05, 0) is 67.4 Å². The number of ether oxygens (including phenoxy) is 1. The summed E-state index contributed by atoms with van der Waals surface area (Å²) in [6.07, 6.45) is 2.81. The monoisotopic (exact) mass is 467 g/mol. The van der Waals surface area contributed by atoms with Crippen LogP contribution in [-0.2, 0) is 16.0 Å². The Morgan fingerprint density at radius 3 is 2.86 bits per heavy atom. The molecular weight excluding hydrogens is 442 g/mol.